The first-order chi connectivity index (χ1) is 8.16. The van der Waals surface area contributed by atoms with Crippen LogP contribution in [0.5, 0.6) is 5.75 Å². The Morgan fingerprint density at radius 3 is 2.94 bits per heavy atom. The van der Waals surface area contributed by atoms with Gasteiger partial charge in [-0.15, -0.1) is 11.3 Å². The number of hydrogen-bond acceptors (Lipinski definition) is 4. The molecule has 0 fully saturated rings. The molecule has 2 N–H and O–H groups in total. The molecule has 0 atom stereocenters. The molecule has 1 aromatic carbocycles. The molecule has 17 heavy (non-hydrogen) atoms. The van der Waals surface area contributed by atoms with Crippen molar-refractivity contribution in [3.05, 3.63) is 44.9 Å². The molecule has 0 bridgehead atoms. The number of nitrogens with zero attached hydrogens (tertiary/aromatic N) is 1. The highest BCUT2D eigenvalue weighted by atomic mass is 35.5. The molecule has 0 aliphatic rings. The average molecular weight is 269 g/mol. The Morgan fingerprint density at radius 1 is 1.41 bits per heavy atom. The lowest BCUT2D eigenvalue weighted by Gasteiger charge is -2.06. The number of aromatic nitrogens is 1. The molecule has 0 saturated heterocycles. The molecule has 1 heterocycles. The number of rotatable bonds is 4. The Balaban J connectivity index is 1.94. The van der Waals surface area contributed by atoms with Crippen molar-refractivity contribution in [2.45, 2.75) is 20.0 Å². The lowest BCUT2D eigenvalue weighted by molar-refractivity contribution is 0.464. The third-order valence-corrected chi connectivity index (χ3v) is 3.66. The standard InChI is InChI=1S/C12H13ClN2OS/c1-8-12(17-7-15-8)6-14-5-9-4-10(13)2-3-11(9)16/h2-4,7,14,16H,5-6H2,1H3. The summed E-state index contributed by atoms with van der Waals surface area (Å²) < 4.78 is 0. The van der Waals surface area contributed by atoms with Gasteiger partial charge in [0, 0.05) is 28.6 Å². The van der Waals surface area contributed by atoms with E-state index < -0.39 is 0 Å². The quantitative estimate of drug-likeness (QED) is 0.896. The van der Waals surface area contributed by atoms with Crippen molar-refractivity contribution in [1.29, 1.82) is 0 Å². The summed E-state index contributed by atoms with van der Waals surface area (Å²) in [6.45, 7) is 3.33. The van der Waals surface area contributed by atoms with Crippen LogP contribution >= 0.6 is 22.9 Å². The van der Waals surface area contributed by atoms with Crippen molar-refractivity contribution in [3.63, 3.8) is 0 Å². The van der Waals surface area contributed by atoms with Crippen molar-refractivity contribution >= 4 is 22.9 Å². The third kappa shape index (κ3) is 3.19. The summed E-state index contributed by atoms with van der Waals surface area (Å²) in [6.07, 6.45) is 0. The Hall–Kier alpha value is -1.10. The Bertz CT molecular complexity index is 513. The van der Waals surface area contributed by atoms with Gasteiger partial charge in [0.2, 0.25) is 0 Å². The average Bonchev–Trinajstić information content (AvgIpc) is 2.70. The van der Waals surface area contributed by atoms with Crippen LogP contribution in [0.4, 0.5) is 0 Å². The second-order valence-electron chi connectivity index (χ2n) is 3.74. The van der Waals surface area contributed by atoms with Gasteiger partial charge in [-0.25, -0.2) is 4.98 Å². The maximum absolute atomic E-state index is 9.64. The number of benzene rings is 1. The summed E-state index contributed by atoms with van der Waals surface area (Å²) in [5.41, 5.74) is 3.70. The van der Waals surface area contributed by atoms with E-state index in [0.29, 0.717) is 11.6 Å². The number of phenols is 1. The summed E-state index contributed by atoms with van der Waals surface area (Å²) >= 11 is 7.50. The van der Waals surface area contributed by atoms with Crippen LogP contribution in [-0.2, 0) is 13.1 Å². The van der Waals surface area contributed by atoms with E-state index in [9.17, 15) is 5.11 Å². The minimum absolute atomic E-state index is 0.267. The minimum atomic E-state index is 0.267. The van der Waals surface area contributed by atoms with Gasteiger partial charge in [-0.2, -0.15) is 0 Å². The second kappa shape index (κ2) is 5.49. The molecule has 0 amide bonds. The predicted molar refractivity (Wildman–Crippen MR) is 70.5 cm³/mol. The monoisotopic (exact) mass is 268 g/mol. The van der Waals surface area contributed by atoms with Crippen molar-refractivity contribution in [2.24, 2.45) is 0 Å². The molecule has 0 radical (unpaired) electrons. The maximum Gasteiger partial charge on any atom is 0.120 e. The van der Waals surface area contributed by atoms with Crippen molar-refractivity contribution < 1.29 is 5.11 Å². The van der Waals surface area contributed by atoms with Crippen LogP contribution in [0, 0.1) is 6.92 Å². The van der Waals surface area contributed by atoms with Gasteiger partial charge in [0.15, 0.2) is 0 Å². The molecule has 0 unspecified atom stereocenters. The first kappa shape index (κ1) is 12.4. The molecule has 2 aromatic rings. The topological polar surface area (TPSA) is 45.2 Å². The molecular formula is C12H13ClN2OS. The van der Waals surface area contributed by atoms with E-state index in [1.54, 1.807) is 29.5 Å². The van der Waals surface area contributed by atoms with Gasteiger partial charge in [0.25, 0.3) is 0 Å². The molecule has 0 saturated carbocycles. The molecular weight excluding hydrogens is 256 g/mol. The Kier molecular flexibility index (Phi) is 3.99. The van der Waals surface area contributed by atoms with Gasteiger partial charge in [-0.1, -0.05) is 11.6 Å². The highest BCUT2D eigenvalue weighted by molar-refractivity contribution is 7.09. The van der Waals surface area contributed by atoms with E-state index in [2.05, 4.69) is 10.3 Å². The summed E-state index contributed by atoms with van der Waals surface area (Å²) in [4.78, 5) is 5.40. The van der Waals surface area contributed by atoms with Crippen molar-refractivity contribution in [1.82, 2.24) is 10.3 Å². The second-order valence-corrected chi connectivity index (χ2v) is 5.11. The summed E-state index contributed by atoms with van der Waals surface area (Å²) in [5, 5.41) is 13.5. The van der Waals surface area contributed by atoms with E-state index in [-0.39, 0.29) is 5.75 Å². The van der Waals surface area contributed by atoms with E-state index in [1.165, 1.54) is 4.88 Å². The van der Waals surface area contributed by atoms with Crippen LogP contribution in [0.25, 0.3) is 0 Å². The fourth-order valence-corrected chi connectivity index (χ4v) is 2.44. The number of thiazole rings is 1. The predicted octanol–water partition coefficient (Wildman–Crippen LogP) is 3.10. The lowest BCUT2D eigenvalue weighted by Crippen LogP contribution is -2.12. The van der Waals surface area contributed by atoms with Gasteiger partial charge in [-0.05, 0) is 25.1 Å². The number of hydrogen-bond donors (Lipinski definition) is 2. The molecule has 5 heteroatoms. The fourth-order valence-electron chi connectivity index (χ4n) is 1.50. The number of aromatic hydroxyl groups is 1. The van der Waals surface area contributed by atoms with Crippen molar-refractivity contribution in [2.75, 3.05) is 0 Å². The molecule has 0 aliphatic heterocycles. The first-order valence-electron chi connectivity index (χ1n) is 5.24. The van der Waals surface area contributed by atoms with Crippen LogP contribution in [-0.4, -0.2) is 10.1 Å². The Morgan fingerprint density at radius 2 is 2.24 bits per heavy atom. The highest BCUT2D eigenvalue weighted by Crippen LogP contribution is 2.21. The normalized spacial score (nSPS) is 10.7. The van der Waals surface area contributed by atoms with E-state index >= 15 is 0 Å². The van der Waals surface area contributed by atoms with Gasteiger partial charge in [-0.3, -0.25) is 0 Å². The zero-order valence-corrected chi connectivity index (χ0v) is 11.0. The van der Waals surface area contributed by atoms with E-state index in [0.717, 1.165) is 17.8 Å². The van der Waals surface area contributed by atoms with E-state index in [4.69, 9.17) is 11.6 Å². The number of phenolic OH excluding ortho intramolecular Hbond substituents is 1. The van der Waals surface area contributed by atoms with Crippen LogP contribution in [0.3, 0.4) is 0 Å². The molecule has 0 spiro atoms. The van der Waals surface area contributed by atoms with Gasteiger partial charge in [0.1, 0.15) is 5.75 Å². The van der Waals surface area contributed by atoms with Crippen LogP contribution in [0.1, 0.15) is 16.1 Å². The highest BCUT2D eigenvalue weighted by Gasteiger charge is 2.04. The fraction of sp³-hybridized carbons (Fsp3) is 0.250. The smallest absolute Gasteiger partial charge is 0.120 e. The van der Waals surface area contributed by atoms with Crippen LogP contribution in [0.15, 0.2) is 23.7 Å². The first-order valence-corrected chi connectivity index (χ1v) is 6.49. The SMILES string of the molecule is Cc1ncsc1CNCc1cc(Cl)ccc1O. The molecule has 2 rings (SSSR count). The number of aryl methyl sites for hydroxylation is 1. The molecule has 3 nitrogen and oxygen atoms in total. The summed E-state index contributed by atoms with van der Waals surface area (Å²) in [7, 11) is 0. The van der Waals surface area contributed by atoms with Gasteiger partial charge < -0.3 is 10.4 Å². The van der Waals surface area contributed by atoms with E-state index in [1.807, 2.05) is 12.4 Å². The molecule has 0 aliphatic carbocycles. The Labute approximate surface area is 109 Å². The van der Waals surface area contributed by atoms with Crippen molar-refractivity contribution in [3.8, 4) is 5.75 Å². The number of halogens is 1. The zero-order valence-electron chi connectivity index (χ0n) is 9.40. The summed E-state index contributed by atoms with van der Waals surface area (Å²) in [6, 6.07) is 5.05. The van der Waals surface area contributed by atoms with Crippen LogP contribution in [0.2, 0.25) is 5.02 Å². The lowest BCUT2D eigenvalue weighted by atomic mass is 10.2. The molecule has 1 aromatic heterocycles. The third-order valence-electron chi connectivity index (χ3n) is 2.49. The minimum Gasteiger partial charge on any atom is -0.508 e. The largest absolute Gasteiger partial charge is 0.508 e. The zero-order chi connectivity index (χ0) is 12.3. The number of nitrogens with one attached hydrogen (secondary N) is 1. The molecule has 90 valence electrons. The maximum atomic E-state index is 9.64. The van der Waals surface area contributed by atoms with Crippen LogP contribution < -0.4 is 5.32 Å². The summed E-state index contributed by atoms with van der Waals surface area (Å²) in [5.74, 6) is 0.267. The van der Waals surface area contributed by atoms with Gasteiger partial charge >= 0.3 is 0 Å². The van der Waals surface area contributed by atoms with Gasteiger partial charge in [0.05, 0.1) is 11.2 Å².